The number of esters is 1. The van der Waals surface area contributed by atoms with Crippen LogP contribution in [0.3, 0.4) is 0 Å². The lowest BCUT2D eigenvalue weighted by atomic mass is 9.71. The summed E-state index contributed by atoms with van der Waals surface area (Å²) >= 11 is 0. The predicted molar refractivity (Wildman–Crippen MR) is 96.7 cm³/mol. The number of hydrogen-bond acceptors (Lipinski definition) is 5. The zero-order valence-electron chi connectivity index (χ0n) is 16.3. The fraction of sp³-hybridized carbons (Fsp3) is 0.750. The van der Waals surface area contributed by atoms with Crippen LogP contribution in [0.2, 0.25) is 0 Å². The van der Waals surface area contributed by atoms with Gasteiger partial charge in [-0.05, 0) is 43.9 Å². The number of ether oxygens (including phenoxy) is 1. The number of carbonyl (C=O) groups is 2. The van der Waals surface area contributed by atoms with Gasteiger partial charge in [-0.2, -0.15) is 0 Å². The molecule has 0 radical (unpaired) electrons. The molecule has 26 heavy (non-hydrogen) atoms. The minimum atomic E-state index is -0.238. The molecule has 1 saturated heterocycles. The summed E-state index contributed by atoms with van der Waals surface area (Å²) in [5.41, 5.74) is 1.60. The van der Waals surface area contributed by atoms with E-state index in [-0.39, 0.29) is 23.2 Å². The van der Waals surface area contributed by atoms with E-state index in [0.29, 0.717) is 31.3 Å². The summed E-state index contributed by atoms with van der Waals surface area (Å²) in [7, 11) is 0. The molecule has 3 rings (SSSR count). The minimum Gasteiger partial charge on any atom is -0.466 e. The summed E-state index contributed by atoms with van der Waals surface area (Å²) in [6.45, 7) is 9.96. The van der Waals surface area contributed by atoms with Gasteiger partial charge in [0.15, 0.2) is 5.69 Å². The van der Waals surface area contributed by atoms with Crippen LogP contribution in [-0.4, -0.2) is 41.6 Å². The topological polar surface area (TPSA) is 72.6 Å². The van der Waals surface area contributed by atoms with Crippen molar-refractivity contribution in [1.29, 1.82) is 0 Å². The zero-order chi connectivity index (χ0) is 18.9. The second-order valence-electron chi connectivity index (χ2n) is 8.58. The molecule has 6 heteroatoms. The average molecular weight is 362 g/mol. The van der Waals surface area contributed by atoms with Gasteiger partial charge in [0, 0.05) is 25.1 Å². The Bertz CT molecular complexity index is 674. The molecule has 6 nitrogen and oxygen atoms in total. The first-order valence-corrected chi connectivity index (χ1v) is 9.74. The van der Waals surface area contributed by atoms with E-state index in [1.54, 1.807) is 11.8 Å². The summed E-state index contributed by atoms with van der Waals surface area (Å²) in [5.74, 6) is 0.804. The molecule has 1 amide bonds. The zero-order valence-corrected chi connectivity index (χ0v) is 16.3. The van der Waals surface area contributed by atoms with Crippen LogP contribution in [0.5, 0.6) is 0 Å². The van der Waals surface area contributed by atoms with Gasteiger partial charge in [0.1, 0.15) is 5.76 Å². The average Bonchev–Trinajstić information content (AvgIpc) is 3.04. The van der Waals surface area contributed by atoms with Gasteiger partial charge in [0.2, 0.25) is 0 Å². The van der Waals surface area contributed by atoms with Crippen molar-refractivity contribution in [1.82, 2.24) is 10.1 Å². The number of piperidine rings is 1. The molecule has 144 valence electrons. The number of nitrogens with zero attached hydrogens (tertiary/aromatic N) is 2. The van der Waals surface area contributed by atoms with Crippen molar-refractivity contribution in [2.45, 2.75) is 59.8 Å². The highest BCUT2D eigenvalue weighted by Gasteiger charge is 2.37. The van der Waals surface area contributed by atoms with Crippen LogP contribution >= 0.6 is 0 Å². The molecular formula is C20H30N2O4. The fourth-order valence-electron chi connectivity index (χ4n) is 4.08. The Morgan fingerprint density at radius 1 is 1.31 bits per heavy atom. The molecular weight excluding hydrogens is 332 g/mol. The van der Waals surface area contributed by atoms with E-state index in [4.69, 9.17) is 9.26 Å². The van der Waals surface area contributed by atoms with Crippen LogP contribution in [0, 0.1) is 17.3 Å². The van der Waals surface area contributed by atoms with Gasteiger partial charge in [-0.3, -0.25) is 9.59 Å². The van der Waals surface area contributed by atoms with Crippen molar-refractivity contribution in [3.63, 3.8) is 0 Å². The van der Waals surface area contributed by atoms with E-state index in [1.807, 2.05) is 0 Å². The van der Waals surface area contributed by atoms with Crippen LogP contribution in [0.15, 0.2) is 4.52 Å². The first-order chi connectivity index (χ1) is 12.3. The monoisotopic (exact) mass is 362 g/mol. The van der Waals surface area contributed by atoms with Gasteiger partial charge in [0.25, 0.3) is 5.91 Å². The SMILES string of the molecule is CCOC(=O)[C@H]1CCCN(C(=O)c2noc3c2C[C@@H](C(C)(C)C)CC3)C1. The summed E-state index contributed by atoms with van der Waals surface area (Å²) < 4.78 is 10.6. The third kappa shape index (κ3) is 3.79. The Balaban J connectivity index is 1.75. The van der Waals surface area contributed by atoms with Gasteiger partial charge in [-0.1, -0.05) is 25.9 Å². The number of amides is 1. The summed E-state index contributed by atoms with van der Waals surface area (Å²) in [6.07, 6.45) is 4.31. The number of rotatable bonds is 3. The highest BCUT2D eigenvalue weighted by atomic mass is 16.5. The standard InChI is InChI=1S/C20H30N2O4/c1-5-25-19(24)13-7-6-10-22(12-13)18(23)17-15-11-14(20(2,3)4)8-9-16(15)26-21-17/h13-14H,5-12H2,1-4H3/t13-,14-/m0/s1. The second kappa shape index (κ2) is 7.41. The number of fused-ring (bicyclic) bond motifs is 1. The van der Waals surface area contributed by atoms with Crippen molar-refractivity contribution in [2.24, 2.45) is 17.3 Å². The molecule has 2 aliphatic rings. The highest BCUT2D eigenvalue weighted by Crippen LogP contribution is 2.38. The van der Waals surface area contributed by atoms with Crippen LogP contribution in [0.1, 0.15) is 68.8 Å². The van der Waals surface area contributed by atoms with Gasteiger partial charge in [-0.25, -0.2) is 0 Å². The number of hydrogen-bond donors (Lipinski definition) is 0. The quantitative estimate of drug-likeness (QED) is 0.772. The molecule has 0 saturated carbocycles. The lowest BCUT2D eigenvalue weighted by molar-refractivity contribution is -0.149. The minimum absolute atomic E-state index is 0.112. The van der Waals surface area contributed by atoms with Crippen molar-refractivity contribution in [2.75, 3.05) is 19.7 Å². The second-order valence-corrected chi connectivity index (χ2v) is 8.58. The Kier molecular flexibility index (Phi) is 5.39. The number of carbonyl (C=O) groups excluding carboxylic acids is 2. The Morgan fingerprint density at radius 2 is 2.08 bits per heavy atom. The van der Waals surface area contributed by atoms with Gasteiger partial charge in [-0.15, -0.1) is 0 Å². The Hall–Kier alpha value is -1.85. The lowest BCUT2D eigenvalue weighted by Crippen LogP contribution is -2.43. The molecule has 1 aromatic heterocycles. The smallest absolute Gasteiger partial charge is 0.310 e. The van der Waals surface area contributed by atoms with E-state index in [0.717, 1.165) is 43.4 Å². The molecule has 2 heterocycles. The maximum atomic E-state index is 13.1. The molecule has 0 aromatic carbocycles. The third-order valence-corrected chi connectivity index (χ3v) is 5.80. The predicted octanol–water partition coefficient (Wildman–Crippen LogP) is 3.24. The van der Waals surface area contributed by atoms with Crippen LogP contribution in [0.25, 0.3) is 0 Å². The molecule has 1 fully saturated rings. The normalized spacial score (nSPS) is 23.5. The molecule has 1 aromatic rings. The molecule has 1 aliphatic heterocycles. The molecule has 0 bridgehead atoms. The summed E-state index contributed by atoms with van der Waals surface area (Å²) in [4.78, 5) is 26.9. The van der Waals surface area contributed by atoms with Gasteiger partial charge >= 0.3 is 5.97 Å². The first kappa shape index (κ1) is 18.9. The molecule has 2 atom stereocenters. The van der Waals surface area contributed by atoms with Crippen molar-refractivity contribution in [3.05, 3.63) is 17.0 Å². The van der Waals surface area contributed by atoms with E-state index in [9.17, 15) is 9.59 Å². The van der Waals surface area contributed by atoms with Crippen LogP contribution in [-0.2, 0) is 22.4 Å². The van der Waals surface area contributed by atoms with Gasteiger partial charge in [0.05, 0.1) is 12.5 Å². The van der Waals surface area contributed by atoms with Crippen molar-refractivity contribution >= 4 is 11.9 Å². The van der Waals surface area contributed by atoms with E-state index in [1.165, 1.54) is 0 Å². The van der Waals surface area contributed by atoms with E-state index < -0.39 is 0 Å². The Labute approximate surface area is 155 Å². The highest BCUT2D eigenvalue weighted by molar-refractivity contribution is 5.94. The van der Waals surface area contributed by atoms with E-state index in [2.05, 4.69) is 25.9 Å². The number of likely N-dealkylation sites (tertiary alicyclic amines) is 1. The van der Waals surface area contributed by atoms with Crippen molar-refractivity contribution in [3.8, 4) is 0 Å². The lowest BCUT2D eigenvalue weighted by Gasteiger charge is -2.34. The number of aromatic nitrogens is 1. The summed E-state index contributed by atoms with van der Waals surface area (Å²) in [6, 6.07) is 0. The molecule has 0 N–H and O–H groups in total. The molecule has 0 spiro atoms. The van der Waals surface area contributed by atoms with Crippen LogP contribution < -0.4 is 0 Å². The molecule has 0 unspecified atom stereocenters. The maximum absolute atomic E-state index is 13.1. The Morgan fingerprint density at radius 3 is 2.77 bits per heavy atom. The maximum Gasteiger partial charge on any atom is 0.310 e. The summed E-state index contributed by atoms with van der Waals surface area (Å²) in [5, 5.41) is 4.11. The van der Waals surface area contributed by atoms with Gasteiger partial charge < -0.3 is 14.2 Å². The molecule has 1 aliphatic carbocycles. The largest absolute Gasteiger partial charge is 0.466 e. The number of aryl methyl sites for hydroxylation is 1. The fourth-order valence-corrected chi connectivity index (χ4v) is 4.08. The first-order valence-electron chi connectivity index (χ1n) is 9.74. The third-order valence-electron chi connectivity index (χ3n) is 5.80. The van der Waals surface area contributed by atoms with Crippen LogP contribution in [0.4, 0.5) is 0 Å². The van der Waals surface area contributed by atoms with Crippen molar-refractivity contribution < 1.29 is 18.8 Å². The van der Waals surface area contributed by atoms with E-state index >= 15 is 0 Å².